The molecule has 0 spiro atoms. The zero-order valence-corrected chi connectivity index (χ0v) is 12.1. The van der Waals surface area contributed by atoms with E-state index in [0.29, 0.717) is 29.2 Å². The van der Waals surface area contributed by atoms with E-state index in [1.807, 2.05) is 0 Å². The molecule has 2 heterocycles. The summed E-state index contributed by atoms with van der Waals surface area (Å²) < 4.78 is 19.5. The van der Waals surface area contributed by atoms with Crippen molar-refractivity contribution in [3.63, 3.8) is 0 Å². The predicted octanol–water partition coefficient (Wildman–Crippen LogP) is 2.09. The Morgan fingerprint density at radius 1 is 1.35 bits per heavy atom. The normalized spacial score (nSPS) is 26.6. The molecule has 1 aromatic carbocycles. The molecule has 0 saturated carbocycles. The van der Waals surface area contributed by atoms with Crippen LogP contribution in [0.4, 0.5) is 15.8 Å². The molecule has 0 aromatic heterocycles. The smallest absolute Gasteiger partial charge is 0.148 e. The van der Waals surface area contributed by atoms with E-state index in [2.05, 4.69) is 16.7 Å². The maximum atomic E-state index is 14.3. The first-order valence-electron chi connectivity index (χ1n) is 7.24. The molecule has 0 amide bonds. The van der Waals surface area contributed by atoms with Crippen LogP contribution in [0.15, 0.2) is 12.1 Å². The number of fused-ring (bicyclic) bond motifs is 1. The van der Waals surface area contributed by atoms with E-state index in [-0.39, 0.29) is 5.82 Å². The van der Waals surface area contributed by atoms with Crippen LogP contribution >= 0.6 is 0 Å². The summed E-state index contributed by atoms with van der Waals surface area (Å²) in [5, 5.41) is 0. The molecule has 110 valence electrons. The standard InChI is InChI=1S/C15H22FN3O/c1-10-8-18-5-3-4-11(18)9-19(10)14-7-15(20-2)13(17)6-12(14)16/h6-7,10-11H,3-5,8-9,17H2,1-2H3. The van der Waals surface area contributed by atoms with E-state index < -0.39 is 0 Å². The lowest BCUT2D eigenvalue weighted by Gasteiger charge is -2.43. The van der Waals surface area contributed by atoms with Crippen LogP contribution in [0.1, 0.15) is 19.8 Å². The summed E-state index contributed by atoms with van der Waals surface area (Å²) in [5.41, 5.74) is 6.71. The van der Waals surface area contributed by atoms with E-state index in [1.165, 1.54) is 25.5 Å². The third-order valence-electron chi connectivity index (χ3n) is 4.55. The highest BCUT2D eigenvalue weighted by Gasteiger charge is 2.35. The Morgan fingerprint density at radius 3 is 2.90 bits per heavy atom. The van der Waals surface area contributed by atoms with Crippen molar-refractivity contribution in [1.82, 2.24) is 4.90 Å². The monoisotopic (exact) mass is 279 g/mol. The number of ether oxygens (including phenoxy) is 1. The van der Waals surface area contributed by atoms with Crippen molar-refractivity contribution in [2.75, 3.05) is 37.4 Å². The summed E-state index contributed by atoms with van der Waals surface area (Å²) >= 11 is 0. The molecule has 2 saturated heterocycles. The molecule has 2 atom stereocenters. The van der Waals surface area contributed by atoms with E-state index in [9.17, 15) is 4.39 Å². The predicted molar refractivity (Wildman–Crippen MR) is 78.8 cm³/mol. The number of piperazine rings is 1. The van der Waals surface area contributed by atoms with Crippen LogP contribution in [0, 0.1) is 5.82 Å². The lowest BCUT2D eigenvalue weighted by molar-refractivity contribution is 0.202. The zero-order valence-electron chi connectivity index (χ0n) is 12.1. The van der Waals surface area contributed by atoms with Crippen molar-refractivity contribution in [3.8, 4) is 5.75 Å². The van der Waals surface area contributed by atoms with Crippen LogP contribution < -0.4 is 15.4 Å². The van der Waals surface area contributed by atoms with Gasteiger partial charge in [0.25, 0.3) is 0 Å². The second-order valence-corrected chi connectivity index (χ2v) is 5.84. The molecule has 2 fully saturated rings. The second-order valence-electron chi connectivity index (χ2n) is 5.84. The van der Waals surface area contributed by atoms with Crippen LogP contribution in [0.2, 0.25) is 0 Å². The Balaban J connectivity index is 1.91. The minimum Gasteiger partial charge on any atom is -0.495 e. The number of nitrogens with zero attached hydrogens (tertiary/aromatic N) is 2. The molecule has 0 bridgehead atoms. The highest BCUT2D eigenvalue weighted by atomic mass is 19.1. The number of rotatable bonds is 2. The first-order chi connectivity index (χ1) is 9.60. The highest BCUT2D eigenvalue weighted by molar-refractivity contribution is 5.64. The number of hydrogen-bond acceptors (Lipinski definition) is 4. The van der Waals surface area contributed by atoms with Gasteiger partial charge in [-0.2, -0.15) is 0 Å². The van der Waals surface area contributed by atoms with Gasteiger partial charge in [0, 0.05) is 37.3 Å². The van der Waals surface area contributed by atoms with E-state index in [0.717, 1.165) is 13.1 Å². The molecule has 2 aliphatic heterocycles. The molecule has 2 aliphatic rings. The van der Waals surface area contributed by atoms with E-state index >= 15 is 0 Å². The topological polar surface area (TPSA) is 41.7 Å². The molecule has 2 unspecified atom stereocenters. The number of nitrogens with two attached hydrogens (primary N) is 1. The highest BCUT2D eigenvalue weighted by Crippen LogP contribution is 2.34. The second kappa shape index (κ2) is 5.13. The van der Waals surface area contributed by atoms with Crippen LogP contribution in [0.5, 0.6) is 5.75 Å². The van der Waals surface area contributed by atoms with Gasteiger partial charge >= 0.3 is 0 Å². The Morgan fingerprint density at radius 2 is 2.15 bits per heavy atom. The molecular weight excluding hydrogens is 257 g/mol. The summed E-state index contributed by atoms with van der Waals surface area (Å²) in [6.07, 6.45) is 2.45. The lowest BCUT2D eigenvalue weighted by atomic mass is 10.1. The fourth-order valence-electron chi connectivity index (χ4n) is 3.48. The van der Waals surface area contributed by atoms with Gasteiger partial charge in [-0.3, -0.25) is 4.90 Å². The molecule has 2 N–H and O–H groups in total. The van der Waals surface area contributed by atoms with Gasteiger partial charge in [-0.05, 0) is 26.3 Å². The summed E-state index contributed by atoms with van der Waals surface area (Å²) in [7, 11) is 1.56. The maximum Gasteiger partial charge on any atom is 0.148 e. The largest absolute Gasteiger partial charge is 0.495 e. The fourth-order valence-corrected chi connectivity index (χ4v) is 3.48. The summed E-state index contributed by atoms with van der Waals surface area (Å²) in [6.45, 7) is 5.20. The van der Waals surface area contributed by atoms with Crippen LogP contribution in [0.25, 0.3) is 0 Å². The van der Waals surface area contributed by atoms with E-state index in [4.69, 9.17) is 10.5 Å². The minimum absolute atomic E-state index is 0.262. The van der Waals surface area contributed by atoms with Crippen molar-refractivity contribution in [1.29, 1.82) is 0 Å². The van der Waals surface area contributed by atoms with Gasteiger partial charge in [-0.1, -0.05) is 0 Å². The van der Waals surface area contributed by atoms with Gasteiger partial charge in [-0.15, -0.1) is 0 Å². The summed E-state index contributed by atoms with van der Waals surface area (Å²) in [4.78, 5) is 4.68. The molecule has 4 nitrogen and oxygen atoms in total. The van der Waals surface area contributed by atoms with Gasteiger partial charge in [0.2, 0.25) is 0 Å². The number of anilines is 2. The van der Waals surface area contributed by atoms with Crippen LogP contribution in [0.3, 0.4) is 0 Å². The van der Waals surface area contributed by atoms with Crippen molar-refractivity contribution in [2.24, 2.45) is 0 Å². The average molecular weight is 279 g/mol. The molecule has 3 rings (SSSR count). The molecule has 5 heteroatoms. The number of benzene rings is 1. The van der Waals surface area contributed by atoms with Gasteiger partial charge in [0.05, 0.1) is 18.5 Å². The maximum absolute atomic E-state index is 14.3. The Kier molecular flexibility index (Phi) is 3.46. The first kappa shape index (κ1) is 13.5. The lowest BCUT2D eigenvalue weighted by Crippen LogP contribution is -2.55. The SMILES string of the molecule is COc1cc(N2CC3CCCN3CC2C)c(F)cc1N. The van der Waals surface area contributed by atoms with Gasteiger partial charge in [-0.25, -0.2) is 4.39 Å². The average Bonchev–Trinajstić information content (AvgIpc) is 2.85. The third kappa shape index (κ3) is 2.20. The molecule has 1 aromatic rings. The minimum atomic E-state index is -0.262. The van der Waals surface area contributed by atoms with Crippen molar-refractivity contribution >= 4 is 11.4 Å². The summed E-state index contributed by atoms with van der Waals surface area (Å²) in [6, 6.07) is 3.94. The Hall–Kier alpha value is -1.49. The number of hydrogen-bond donors (Lipinski definition) is 1. The third-order valence-corrected chi connectivity index (χ3v) is 4.55. The molecule has 0 radical (unpaired) electrons. The van der Waals surface area contributed by atoms with Gasteiger partial charge < -0.3 is 15.4 Å². The number of halogens is 1. The number of nitrogen functional groups attached to an aromatic ring is 1. The number of methoxy groups -OCH3 is 1. The summed E-state index contributed by atoms with van der Waals surface area (Å²) in [5.74, 6) is 0.282. The quantitative estimate of drug-likeness (QED) is 0.842. The van der Waals surface area contributed by atoms with Crippen LogP contribution in [-0.4, -0.2) is 43.7 Å². The molecular formula is C15H22FN3O. The van der Waals surface area contributed by atoms with Gasteiger partial charge in [0.15, 0.2) is 0 Å². The van der Waals surface area contributed by atoms with Crippen molar-refractivity contribution in [3.05, 3.63) is 17.9 Å². The zero-order chi connectivity index (χ0) is 14.3. The fraction of sp³-hybridized carbons (Fsp3) is 0.600. The van der Waals surface area contributed by atoms with Crippen molar-refractivity contribution in [2.45, 2.75) is 31.8 Å². The molecule has 0 aliphatic carbocycles. The van der Waals surface area contributed by atoms with Crippen LogP contribution in [-0.2, 0) is 0 Å². The first-order valence-corrected chi connectivity index (χ1v) is 7.24. The van der Waals surface area contributed by atoms with Gasteiger partial charge in [0.1, 0.15) is 11.6 Å². The van der Waals surface area contributed by atoms with E-state index in [1.54, 1.807) is 13.2 Å². The molecule has 20 heavy (non-hydrogen) atoms. The Bertz CT molecular complexity index is 508. The Labute approximate surface area is 119 Å². The van der Waals surface area contributed by atoms with Crippen molar-refractivity contribution < 1.29 is 9.13 Å².